The van der Waals surface area contributed by atoms with Crippen LogP contribution in [-0.2, 0) is 4.79 Å². The van der Waals surface area contributed by atoms with E-state index in [9.17, 15) is 14.9 Å². The molecule has 0 bridgehead atoms. The maximum atomic E-state index is 11.0. The highest BCUT2D eigenvalue weighted by Crippen LogP contribution is 2.24. The lowest BCUT2D eigenvalue weighted by molar-refractivity contribution is -0.384. The number of benzene rings is 1. The largest absolute Gasteiger partial charge is 0.480 e. The maximum Gasteiger partial charge on any atom is 0.326 e. The molecule has 0 aliphatic heterocycles. The minimum atomic E-state index is -0.996. The highest BCUT2D eigenvalue weighted by molar-refractivity contribution is 14.1. The summed E-state index contributed by atoms with van der Waals surface area (Å²) in [5, 5.41) is 22.4. The van der Waals surface area contributed by atoms with Crippen molar-refractivity contribution in [3.63, 3.8) is 0 Å². The van der Waals surface area contributed by atoms with E-state index in [1.54, 1.807) is 0 Å². The molecule has 18 heavy (non-hydrogen) atoms. The zero-order valence-electron chi connectivity index (χ0n) is 9.30. The summed E-state index contributed by atoms with van der Waals surface area (Å²) in [6.45, 7) is 3.49. The van der Waals surface area contributed by atoms with Crippen LogP contribution in [0.5, 0.6) is 0 Å². The maximum absolute atomic E-state index is 11.0. The molecule has 0 fully saturated rings. The Labute approximate surface area is 117 Å². The van der Waals surface area contributed by atoms with Gasteiger partial charge in [0, 0.05) is 21.4 Å². The van der Waals surface area contributed by atoms with Crippen molar-refractivity contribution in [3.8, 4) is 0 Å². The fraction of sp³-hybridized carbons (Fsp3) is 0.182. The van der Waals surface area contributed by atoms with Gasteiger partial charge in [0.15, 0.2) is 0 Å². The average Bonchev–Trinajstić information content (AvgIpc) is 2.30. The number of hydrogen-bond donors (Lipinski definition) is 2. The monoisotopic (exact) mass is 362 g/mol. The van der Waals surface area contributed by atoms with Crippen molar-refractivity contribution in [2.75, 3.05) is 5.32 Å². The van der Waals surface area contributed by atoms with Gasteiger partial charge in [-0.15, -0.1) is 6.58 Å². The topological polar surface area (TPSA) is 92.5 Å². The molecule has 1 unspecified atom stereocenters. The normalized spacial score (nSPS) is 11.6. The van der Waals surface area contributed by atoms with Gasteiger partial charge in [-0.05, 0) is 35.1 Å². The van der Waals surface area contributed by atoms with Crippen LogP contribution in [0.1, 0.15) is 6.42 Å². The zero-order chi connectivity index (χ0) is 13.7. The number of nitrogens with one attached hydrogen (secondary N) is 1. The van der Waals surface area contributed by atoms with Crippen molar-refractivity contribution in [1.29, 1.82) is 0 Å². The Morgan fingerprint density at radius 3 is 2.78 bits per heavy atom. The van der Waals surface area contributed by atoms with Crippen molar-refractivity contribution < 1.29 is 14.8 Å². The molecule has 1 aromatic rings. The molecule has 0 saturated carbocycles. The van der Waals surface area contributed by atoms with Crippen molar-refractivity contribution in [1.82, 2.24) is 0 Å². The van der Waals surface area contributed by atoms with Gasteiger partial charge in [0.05, 0.1) is 4.92 Å². The van der Waals surface area contributed by atoms with Gasteiger partial charge < -0.3 is 10.4 Å². The van der Waals surface area contributed by atoms with Crippen molar-refractivity contribution in [2.45, 2.75) is 12.5 Å². The minimum Gasteiger partial charge on any atom is -0.480 e. The summed E-state index contributed by atoms with van der Waals surface area (Å²) in [5.74, 6) is -0.996. The van der Waals surface area contributed by atoms with E-state index in [1.807, 2.05) is 22.6 Å². The van der Waals surface area contributed by atoms with Gasteiger partial charge in [0.25, 0.3) is 5.69 Å². The number of non-ortho nitro benzene ring substituents is 1. The first kappa shape index (κ1) is 14.4. The van der Waals surface area contributed by atoms with Crippen molar-refractivity contribution >= 4 is 39.9 Å². The Morgan fingerprint density at radius 1 is 1.67 bits per heavy atom. The van der Waals surface area contributed by atoms with Crippen molar-refractivity contribution in [2.24, 2.45) is 0 Å². The number of hydrogen-bond acceptors (Lipinski definition) is 4. The number of nitro groups is 1. The Morgan fingerprint density at radius 2 is 2.33 bits per heavy atom. The SMILES string of the molecule is C=CCC(Nc1ccc([N+](=O)[O-])cc1I)C(=O)O. The van der Waals surface area contributed by atoms with Crippen LogP contribution < -0.4 is 5.32 Å². The molecule has 6 nitrogen and oxygen atoms in total. The molecule has 0 heterocycles. The van der Waals surface area contributed by atoms with Gasteiger partial charge in [0.2, 0.25) is 0 Å². The number of carboxylic acid groups (broad SMARTS) is 1. The minimum absolute atomic E-state index is 0.0273. The standard InChI is InChI=1S/C11H11IN2O4/c1-2-3-10(11(15)16)13-9-5-4-7(14(17)18)6-8(9)12/h2,4-6,10,13H,1,3H2,(H,15,16). The Bertz CT molecular complexity index is 490. The molecule has 1 rings (SSSR count). The lowest BCUT2D eigenvalue weighted by Crippen LogP contribution is -2.28. The molecular formula is C11H11IN2O4. The highest BCUT2D eigenvalue weighted by Gasteiger charge is 2.17. The molecule has 0 aliphatic rings. The first-order valence-electron chi connectivity index (χ1n) is 5.00. The second-order valence-corrected chi connectivity index (χ2v) is 4.64. The summed E-state index contributed by atoms with van der Waals surface area (Å²) in [7, 11) is 0. The van der Waals surface area contributed by atoms with E-state index >= 15 is 0 Å². The molecule has 0 amide bonds. The average molecular weight is 362 g/mol. The number of nitro benzene ring substituents is 1. The van der Waals surface area contributed by atoms with Crippen LogP contribution in [0, 0.1) is 13.7 Å². The molecule has 1 atom stereocenters. The number of anilines is 1. The molecule has 1 aromatic carbocycles. The van der Waals surface area contributed by atoms with Gasteiger partial charge in [-0.3, -0.25) is 10.1 Å². The van der Waals surface area contributed by atoms with Gasteiger partial charge in [-0.2, -0.15) is 0 Å². The Balaban J connectivity index is 2.93. The Kier molecular flexibility index (Phi) is 5.08. The third-order valence-corrected chi connectivity index (χ3v) is 3.09. The number of rotatable bonds is 6. The molecule has 0 aliphatic carbocycles. The number of carbonyl (C=O) groups is 1. The van der Waals surface area contributed by atoms with E-state index in [4.69, 9.17) is 5.11 Å². The van der Waals surface area contributed by atoms with Crippen LogP contribution in [0.2, 0.25) is 0 Å². The number of nitrogens with zero attached hydrogens (tertiary/aromatic N) is 1. The molecule has 0 saturated heterocycles. The fourth-order valence-electron chi connectivity index (χ4n) is 1.31. The molecule has 7 heteroatoms. The number of carboxylic acids is 1. The van der Waals surface area contributed by atoms with Gasteiger partial charge in [-0.25, -0.2) is 4.79 Å². The fourth-order valence-corrected chi connectivity index (χ4v) is 1.97. The van der Waals surface area contributed by atoms with Crippen LogP contribution in [0.15, 0.2) is 30.9 Å². The van der Waals surface area contributed by atoms with E-state index < -0.39 is 16.9 Å². The quantitative estimate of drug-likeness (QED) is 0.351. The summed E-state index contributed by atoms with van der Waals surface area (Å²) >= 11 is 1.92. The molecule has 96 valence electrons. The summed E-state index contributed by atoms with van der Waals surface area (Å²) in [5.41, 5.74) is 0.524. The zero-order valence-corrected chi connectivity index (χ0v) is 11.5. The molecule has 2 N–H and O–H groups in total. The van der Waals surface area contributed by atoms with E-state index in [0.717, 1.165) is 0 Å². The van der Waals surface area contributed by atoms with E-state index in [-0.39, 0.29) is 12.1 Å². The predicted molar refractivity (Wildman–Crippen MR) is 75.7 cm³/mol. The lowest BCUT2D eigenvalue weighted by atomic mass is 10.2. The van der Waals surface area contributed by atoms with E-state index in [2.05, 4.69) is 11.9 Å². The van der Waals surface area contributed by atoms with Gasteiger partial charge in [0.1, 0.15) is 6.04 Å². The molecule has 0 spiro atoms. The van der Waals surface area contributed by atoms with Crippen LogP contribution >= 0.6 is 22.6 Å². The van der Waals surface area contributed by atoms with Crippen LogP contribution in [0.3, 0.4) is 0 Å². The highest BCUT2D eigenvalue weighted by atomic mass is 127. The molecular weight excluding hydrogens is 351 g/mol. The second-order valence-electron chi connectivity index (χ2n) is 3.48. The smallest absolute Gasteiger partial charge is 0.326 e. The van der Waals surface area contributed by atoms with E-state index in [0.29, 0.717) is 9.26 Å². The van der Waals surface area contributed by atoms with Crippen molar-refractivity contribution in [3.05, 3.63) is 44.5 Å². The third kappa shape index (κ3) is 3.69. The molecule has 0 aromatic heterocycles. The first-order valence-corrected chi connectivity index (χ1v) is 6.07. The van der Waals surface area contributed by atoms with Gasteiger partial charge >= 0.3 is 5.97 Å². The number of halogens is 1. The Hall–Kier alpha value is -1.64. The summed E-state index contributed by atoms with van der Waals surface area (Å²) < 4.78 is 0.595. The van der Waals surface area contributed by atoms with Crippen LogP contribution in [-0.4, -0.2) is 22.0 Å². The molecule has 0 radical (unpaired) electrons. The van der Waals surface area contributed by atoms with Crippen LogP contribution in [0.4, 0.5) is 11.4 Å². The lowest BCUT2D eigenvalue weighted by Gasteiger charge is -2.15. The van der Waals surface area contributed by atoms with Gasteiger partial charge in [-0.1, -0.05) is 6.08 Å². The van der Waals surface area contributed by atoms with Crippen LogP contribution in [0.25, 0.3) is 0 Å². The third-order valence-electron chi connectivity index (χ3n) is 2.19. The summed E-state index contributed by atoms with van der Waals surface area (Å²) in [4.78, 5) is 21.0. The first-order chi connectivity index (χ1) is 8.45. The predicted octanol–water partition coefficient (Wildman–Crippen LogP) is 2.64. The van der Waals surface area contributed by atoms with E-state index in [1.165, 1.54) is 24.3 Å². The summed E-state index contributed by atoms with van der Waals surface area (Å²) in [6, 6.07) is 3.42. The number of aliphatic carboxylic acids is 1. The second kappa shape index (κ2) is 6.34. The summed E-state index contributed by atoms with van der Waals surface area (Å²) in [6.07, 6.45) is 1.77.